The van der Waals surface area contributed by atoms with E-state index in [-0.39, 0.29) is 0 Å². The van der Waals surface area contributed by atoms with Crippen LogP contribution in [0, 0.1) is 0 Å². The lowest BCUT2D eigenvalue weighted by Crippen LogP contribution is -2.45. The van der Waals surface area contributed by atoms with Crippen LogP contribution in [0.1, 0.15) is 38.5 Å². The van der Waals surface area contributed by atoms with Crippen molar-refractivity contribution in [1.29, 1.82) is 0 Å². The standard InChI is InChI=1S/C9H17NO/c1-2-4-9(5-3-1)6-7-10-8-11-9/h10H,1-8H2. The van der Waals surface area contributed by atoms with E-state index in [0.29, 0.717) is 5.60 Å². The lowest BCUT2D eigenvalue weighted by Gasteiger charge is -2.40. The maximum atomic E-state index is 5.80. The van der Waals surface area contributed by atoms with Crippen LogP contribution in [0.5, 0.6) is 0 Å². The molecule has 1 aliphatic heterocycles. The quantitative estimate of drug-likeness (QED) is 0.574. The van der Waals surface area contributed by atoms with Gasteiger partial charge in [-0.25, -0.2) is 0 Å². The third kappa shape index (κ3) is 1.57. The minimum atomic E-state index is 0.295. The normalized spacial score (nSPS) is 30.5. The summed E-state index contributed by atoms with van der Waals surface area (Å²) in [5, 5.41) is 3.23. The Bertz CT molecular complexity index is 104. The van der Waals surface area contributed by atoms with Gasteiger partial charge in [0.15, 0.2) is 0 Å². The third-order valence-corrected chi connectivity index (χ3v) is 3.00. The average molecular weight is 155 g/mol. The van der Waals surface area contributed by atoms with Gasteiger partial charge in [-0.3, -0.25) is 5.32 Å². The van der Waals surface area contributed by atoms with E-state index in [9.17, 15) is 0 Å². The van der Waals surface area contributed by atoms with Crippen molar-refractivity contribution in [3.8, 4) is 0 Å². The molecule has 2 heteroatoms. The zero-order valence-corrected chi connectivity index (χ0v) is 7.07. The first-order valence-corrected chi connectivity index (χ1v) is 4.76. The topological polar surface area (TPSA) is 21.3 Å². The zero-order valence-electron chi connectivity index (χ0n) is 7.07. The van der Waals surface area contributed by atoms with Gasteiger partial charge in [0.25, 0.3) is 0 Å². The molecule has 2 rings (SSSR count). The molecule has 64 valence electrons. The monoisotopic (exact) mass is 155 g/mol. The fourth-order valence-corrected chi connectivity index (χ4v) is 2.26. The Morgan fingerprint density at radius 3 is 2.45 bits per heavy atom. The van der Waals surface area contributed by atoms with Crippen molar-refractivity contribution < 1.29 is 4.74 Å². The van der Waals surface area contributed by atoms with Crippen molar-refractivity contribution in [3.63, 3.8) is 0 Å². The van der Waals surface area contributed by atoms with Gasteiger partial charge >= 0.3 is 0 Å². The van der Waals surface area contributed by atoms with Gasteiger partial charge in [0.1, 0.15) is 0 Å². The van der Waals surface area contributed by atoms with Gasteiger partial charge in [0.05, 0.1) is 12.3 Å². The summed E-state index contributed by atoms with van der Waals surface area (Å²) < 4.78 is 5.80. The van der Waals surface area contributed by atoms with Crippen LogP contribution in [-0.2, 0) is 4.74 Å². The van der Waals surface area contributed by atoms with Crippen molar-refractivity contribution in [2.75, 3.05) is 13.3 Å². The highest BCUT2D eigenvalue weighted by Gasteiger charge is 2.34. The molecular formula is C9H17NO. The molecule has 0 amide bonds. The van der Waals surface area contributed by atoms with E-state index in [0.717, 1.165) is 13.3 Å². The van der Waals surface area contributed by atoms with Gasteiger partial charge in [-0.2, -0.15) is 0 Å². The van der Waals surface area contributed by atoms with Crippen LogP contribution in [0.25, 0.3) is 0 Å². The van der Waals surface area contributed by atoms with Crippen LogP contribution in [-0.4, -0.2) is 18.9 Å². The van der Waals surface area contributed by atoms with E-state index in [4.69, 9.17) is 4.74 Å². The average Bonchev–Trinajstić information content (AvgIpc) is 2.07. The molecule has 1 spiro atoms. The predicted octanol–water partition coefficient (Wildman–Crippen LogP) is 1.66. The smallest absolute Gasteiger partial charge is 0.0972 e. The Balaban J connectivity index is 1.94. The Labute approximate surface area is 68.3 Å². The fourth-order valence-electron chi connectivity index (χ4n) is 2.26. The van der Waals surface area contributed by atoms with E-state index in [1.807, 2.05) is 0 Å². The molecule has 2 fully saturated rings. The number of rotatable bonds is 0. The Kier molecular flexibility index (Phi) is 2.14. The molecule has 2 nitrogen and oxygen atoms in total. The summed E-state index contributed by atoms with van der Waals surface area (Å²) in [4.78, 5) is 0. The highest BCUT2D eigenvalue weighted by molar-refractivity contribution is 4.86. The van der Waals surface area contributed by atoms with Gasteiger partial charge < -0.3 is 4.74 Å². The minimum Gasteiger partial charge on any atom is -0.360 e. The molecule has 0 bridgehead atoms. The first-order chi connectivity index (χ1) is 5.41. The molecule has 0 atom stereocenters. The van der Waals surface area contributed by atoms with Gasteiger partial charge in [-0.05, 0) is 25.8 Å². The third-order valence-electron chi connectivity index (χ3n) is 3.00. The Morgan fingerprint density at radius 1 is 1.00 bits per heavy atom. The molecule has 0 radical (unpaired) electrons. The largest absolute Gasteiger partial charge is 0.360 e. The summed E-state index contributed by atoms with van der Waals surface area (Å²) in [6.07, 6.45) is 7.99. The van der Waals surface area contributed by atoms with Crippen molar-refractivity contribution >= 4 is 0 Å². The van der Waals surface area contributed by atoms with Crippen LogP contribution in [0.15, 0.2) is 0 Å². The maximum absolute atomic E-state index is 5.80. The van der Waals surface area contributed by atoms with Crippen molar-refractivity contribution in [2.24, 2.45) is 0 Å². The molecule has 1 aliphatic carbocycles. The molecule has 1 saturated heterocycles. The Hall–Kier alpha value is -0.0800. The van der Waals surface area contributed by atoms with Crippen molar-refractivity contribution in [2.45, 2.75) is 44.1 Å². The molecule has 0 aromatic heterocycles. The van der Waals surface area contributed by atoms with Crippen LogP contribution >= 0.6 is 0 Å². The molecule has 11 heavy (non-hydrogen) atoms. The number of hydrogen-bond acceptors (Lipinski definition) is 2. The number of hydrogen-bond donors (Lipinski definition) is 1. The zero-order chi connectivity index (χ0) is 7.57. The molecule has 1 heterocycles. The lowest BCUT2D eigenvalue weighted by atomic mass is 9.82. The summed E-state index contributed by atoms with van der Waals surface area (Å²) in [6, 6.07) is 0. The first-order valence-electron chi connectivity index (χ1n) is 4.76. The lowest BCUT2D eigenvalue weighted by molar-refractivity contribution is -0.104. The van der Waals surface area contributed by atoms with Gasteiger partial charge in [-0.1, -0.05) is 19.3 Å². The van der Waals surface area contributed by atoms with E-state index in [2.05, 4.69) is 5.32 Å². The van der Waals surface area contributed by atoms with Crippen LogP contribution in [0.2, 0.25) is 0 Å². The predicted molar refractivity (Wildman–Crippen MR) is 44.4 cm³/mol. The molecule has 1 saturated carbocycles. The molecule has 0 unspecified atom stereocenters. The second-order valence-electron chi connectivity index (χ2n) is 3.78. The van der Waals surface area contributed by atoms with E-state index in [1.165, 1.54) is 38.5 Å². The molecular weight excluding hydrogens is 138 g/mol. The second-order valence-corrected chi connectivity index (χ2v) is 3.78. The summed E-state index contributed by atoms with van der Waals surface area (Å²) in [7, 11) is 0. The highest BCUT2D eigenvalue weighted by Crippen LogP contribution is 2.35. The highest BCUT2D eigenvalue weighted by atomic mass is 16.5. The van der Waals surface area contributed by atoms with Crippen LogP contribution in [0.4, 0.5) is 0 Å². The van der Waals surface area contributed by atoms with E-state index < -0.39 is 0 Å². The summed E-state index contributed by atoms with van der Waals surface area (Å²) >= 11 is 0. The maximum Gasteiger partial charge on any atom is 0.0972 e. The summed E-state index contributed by atoms with van der Waals surface area (Å²) in [5.74, 6) is 0. The van der Waals surface area contributed by atoms with Gasteiger partial charge in [0, 0.05) is 0 Å². The molecule has 0 aromatic rings. The van der Waals surface area contributed by atoms with Gasteiger partial charge in [-0.15, -0.1) is 0 Å². The van der Waals surface area contributed by atoms with Crippen molar-refractivity contribution in [3.05, 3.63) is 0 Å². The number of nitrogens with one attached hydrogen (secondary N) is 1. The second kappa shape index (κ2) is 3.11. The number of ether oxygens (including phenoxy) is 1. The van der Waals surface area contributed by atoms with Crippen molar-refractivity contribution in [1.82, 2.24) is 5.32 Å². The summed E-state index contributed by atoms with van der Waals surface area (Å²) in [5.41, 5.74) is 0.295. The Morgan fingerprint density at radius 2 is 1.82 bits per heavy atom. The van der Waals surface area contributed by atoms with Crippen LogP contribution < -0.4 is 5.32 Å². The van der Waals surface area contributed by atoms with Gasteiger partial charge in [0.2, 0.25) is 0 Å². The van der Waals surface area contributed by atoms with E-state index in [1.54, 1.807) is 0 Å². The first kappa shape index (κ1) is 7.56. The summed E-state index contributed by atoms with van der Waals surface area (Å²) in [6.45, 7) is 1.93. The van der Waals surface area contributed by atoms with Crippen LogP contribution in [0.3, 0.4) is 0 Å². The van der Waals surface area contributed by atoms with E-state index >= 15 is 0 Å². The minimum absolute atomic E-state index is 0.295. The molecule has 1 N–H and O–H groups in total. The molecule has 2 aliphatic rings. The fraction of sp³-hybridized carbons (Fsp3) is 1.00. The molecule has 0 aromatic carbocycles. The SMILES string of the molecule is C1CCC2(CC1)CCNCO2.